The highest BCUT2D eigenvalue weighted by molar-refractivity contribution is 5.90. The molecule has 1 amide bonds. The quantitative estimate of drug-likeness (QED) is 0.704. The Hall–Kier alpha value is -3.10. The van der Waals surface area contributed by atoms with Crippen molar-refractivity contribution in [3.8, 4) is 11.4 Å². The Morgan fingerprint density at radius 2 is 1.89 bits per heavy atom. The topological polar surface area (TPSA) is 85.2 Å². The van der Waals surface area contributed by atoms with E-state index < -0.39 is 0 Å². The Morgan fingerprint density at radius 3 is 2.64 bits per heavy atom. The van der Waals surface area contributed by atoms with Crippen LogP contribution in [0.15, 0.2) is 54.9 Å². The summed E-state index contributed by atoms with van der Waals surface area (Å²) >= 11 is 0. The first kappa shape index (κ1) is 18.3. The summed E-state index contributed by atoms with van der Waals surface area (Å²) in [5.74, 6) is -0.154. The van der Waals surface area contributed by atoms with Crippen molar-refractivity contribution in [2.45, 2.75) is 13.1 Å². The molecule has 0 bridgehead atoms. The standard InChI is InChI=1S/C20H22N6O2/c27-20(15-26-14-19(23-24-26)18-3-1-2-8-21-18)22-17-6-4-16(5-7-17)13-25-9-11-28-12-10-25/h1-8,14H,9-13,15H2,(H,22,27). The largest absolute Gasteiger partial charge is 0.379 e. The van der Waals surface area contributed by atoms with Gasteiger partial charge in [-0.25, -0.2) is 4.68 Å². The zero-order valence-corrected chi connectivity index (χ0v) is 15.5. The molecule has 0 radical (unpaired) electrons. The van der Waals surface area contributed by atoms with Gasteiger partial charge in [0.05, 0.1) is 25.1 Å². The van der Waals surface area contributed by atoms with Crippen LogP contribution in [-0.4, -0.2) is 57.1 Å². The fourth-order valence-electron chi connectivity index (χ4n) is 3.07. The van der Waals surface area contributed by atoms with Gasteiger partial charge in [0.2, 0.25) is 5.91 Å². The van der Waals surface area contributed by atoms with Crippen LogP contribution in [-0.2, 0) is 22.6 Å². The van der Waals surface area contributed by atoms with Crippen molar-refractivity contribution in [2.24, 2.45) is 0 Å². The minimum absolute atomic E-state index is 0.0926. The summed E-state index contributed by atoms with van der Waals surface area (Å²) in [4.78, 5) is 18.9. The molecule has 28 heavy (non-hydrogen) atoms. The van der Waals surface area contributed by atoms with E-state index in [2.05, 4.69) is 25.5 Å². The van der Waals surface area contributed by atoms with Crippen molar-refractivity contribution in [3.63, 3.8) is 0 Å². The molecule has 1 N–H and O–H groups in total. The fraction of sp³-hybridized carbons (Fsp3) is 0.300. The molecule has 1 aliphatic rings. The van der Waals surface area contributed by atoms with Crippen LogP contribution in [0.25, 0.3) is 11.4 Å². The molecule has 1 fully saturated rings. The molecule has 0 spiro atoms. The van der Waals surface area contributed by atoms with Gasteiger partial charge in [-0.15, -0.1) is 5.10 Å². The molecule has 0 saturated carbocycles. The van der Waals surface area contributed by atoms with Crippen LogP contribution >= 0.6 is 0 Å². The molecule has 4 rings (SSSR count). The maximum Gasteiger partial charge on any atom is 0.246 e. The number of hydrogen-bond acceptors (Lipinski definition) is 6. The number of anilines is 1. The number of amides is 1. The van der Waals surface area contributed by atoms with Gasteiger partial charge < -0.3 is 10.1 Å². The SMILES string of the molecule is O=C(Cn1cc(-c2ccccn2)nn1)Nc1ccc(CN2CCOCC2)cc1. The maximum atomic E-state index is 12.3. The summed E-state index contributed by atoms with van der Waals surface area (Å²) in [6, 6.07) is 13.5. The Kier molecular flexibility index (Phi) is 5.69. The molecule has 144 valence electrons. The van der Waals surface area contributed by atoms with Gasteiger partial charge in [0.15, 0.2) is 0 Å². The second-order valence-electron chi connectivity index (χ2n) is 6.65. The first-order valence-corrected chi connectivity index (χ1v) is 9.27. The van der Waals surface area contributed by atoms with E-state index >= 15 is 0 Å². The lowest BCUT2D eigenvalue weighted by atomic mass is 10.2. The molecule has 1 saturated heterocycles. The lowest BCUT2D eigenvalue weighted by Gasteiger charge is -2.26. The second-order valence-corrected chi connectivity index (χ2v) is 6.65. The van der Waals surface area contributed by atoms with Crippen molar-refractivity contribution >= 4 is 11.6 Å². The number of ether oxygens (including phenoxy) is 1. The number of benzene rings is 1. The van der Waals surface area contributed by atoms with Crippen molar-refractivity contribution in [1.29, 1.82) is 0 Å². The van der Waals surface area contributed by atoms with Gasteiger partial charge >= 0.3 is 0 Å². The molecule has 0 aliphatic carbocycles. The number of pyridine rings is 1. The number of hydrogen-bond donors (Lipinski definition) is 1. The van der Waals surface area contributed by atoms with Gasteiger partial charge in [0.25, 0.3) is 0 Å². The number of carbonyl (C=O) groups is 1. The van der Waals surface area contributed by atoms with Crippen molar-refractivity contribution in [3.05, 3.63) is 60.4 Å². The van der Waals surface area contributed by atoms with Gasteiger partial charge in [-0.1, -0.05) is 23.4 Å². The number of carbonyl (C=O) groups excluding carboxylic acids is 1. The molecular formula is C20H22N6O2. The number of aromatic nitrogens is 4. The van der Waals surface area contributed by atoms with E-state index in [4.69, 9.17) is 4.74 Å². The third-order valence-corrected chi connectivity index (χ3v) is 4.52. The zero-order valence-electron chi connectivity index (χ0n) is 15.5. The van der Waals surface area contributed by atoms with Crippen LogP contribution in [0.4, 0.5) is 5.69 Å². The normalized spacial score (nSPS) is 14.7. The van der Waals surface area contributed by atoms with Crippen LogP contribution in [0, 0.1) is 0 Å². The smallest absolute Gasteiger partial charge is 0.246 e. The Balaban J connectivity index is 1.30. The van der Waals surface area contributed by atoms with Crippen LogP contribution in [0.2, 0.25) is 0 Å². The van der Waals surface area contributed by atoms with Gasteiger partial charge in [-0.2, -0.15) is 0 Å². The van der Waals surface area contributed by atoms with E-state index in [9.17, 15) is 4.79 Å². The zero-order chi connectivity index (χ0) is 19.2. The van der Waals surface area contributed by atoms with Gasteiger partial charge in [-0.05, 0) is 29.8 Å². The highest BCUT2D eigenvalue weighted by Gasteiger charge is 2.11. The van der Waals surface area contributed by atoms with Crippen molar-refractivity contribution in [1.82, 2.24) is 24.9 Å². The molecule has 8 heteroatoms. The molecule has 0 unspecified atom stereocenters. The molecular weight excluding hydrogens is 356 g/mol. The summed E-state index contributed by atoms with van der Waals surface area (Å²) < 4.78 is 6.88. The van der Waals surface area contributed by atoms with Gasteiger partial charge in [0.1, 0.15) is 12.2 Å². The van der Waals surface area contributed by atoms with Crippen LogP contribution in [0.1, 0.15) is 5.56 Å². The lowest BCUT2D eigenvalue weighted by Crippen LogP contribution is -2.35. The van der Waals surface area contributed by atoms with E-state index in [1.165, 1.54) is 10.2 Å². The molecule has 1 aromatic carbocycles. The van der Waals surface area contributed by atoms with E-state index in [1.54, 1.807) is 12.4 Å². The average Bonchev–Trinajstić information content (AvgIpc) is 3.19. The van der Waals surface area contributed by atoms with Gasteiger partial charge in [0, 0.05) is 31.5 Å². The monoisotopic (exact) mass is 378 g/mol. The Labute approximate surface area is 163 Å². The van der Waals surface area contributed by atoms with Crippen LogP contribution in [0.3, 0.4) is 0 Å². The minimum Gasteiger partial charge on any atom is -0.379 e. The number of nitrogens with zero attached hydrogens (tertiary/aromatic N) is 5. The van der Waals surface area contributed by atoms with Gasteiger partial charge in [-0.3, -0.25) is 14.7 Å². The first-order valence-electron chi connectivity index (χ1n) is 9.27. The second kappa shape index (κ2) is 8.73. The minimum atomic E-state index is -0.154. The maximum absolute atomic E-state index is 12.3. The van der Waals surface area contributed by atoms with Crippen molar-refractivity contribution < 1.29 is 9.53 Å². The van der Waals surface area contributed by atoms with Crippen LogP contribution in [0.5, 0.6) is 0 Å². The van der Waals surface area contributed by atoms with E-state index in [0.29, 0.717) is 5.69 Å². The molecule has 0 atom stereocenters. The third-order valence-electron chi connectivity index (χ3n) is 4.52. The summed E-state index contributed by atoms with van der Waals surface area (Å²) in [6.07, 6.45) is 3.41. The predicted octanol–water partition coefficient (Wildman–Crippen LogP) is 1.81. The summed E-state index contributed by atoms with van der Waals surface area (Å²) in [5, 5.41) is 11.0. The number of nitrogens with one attached hydrogen (secondary N) is 1. The molecule has 3 heterocycles. The lowest BCUT2D eigenvalue weighted by molar-refractivity contribution is -0.116. The number of morpholine rings is 1. The highest BCUT2D eigenvalue weighted by Crippen LogP contribution is 2.14. The summed E-state index contributed by atoms with van der Waals surface area (Å²) in [6.45, 7) is 4.48. The number of rotatable bonds is 6. The average molecular weight is 378 g/mol. The van der Waals surface area contributed by atoms with E-state index in [-0.39, 0.29) is 12.5 Å². The Morgan fingerprint density at radius 1 is 1.07 bits per heavy atom. The molecule has 2 aromatic heterocycles. The fourth-order valence-corrected chi connectivity index (χ4v) is 3.07. The highest BCUT2D eigenvalue weighted by atomic mass is 16.5. The Bertz CT molecular complexity index is 904. The summed E-state index contributed by atoms with van der Waals surface area (Å²) in [5.41, 5.74) is 3.35. The molecule has 8 nitrogen and oxygen atoms in total. The molecule has 1 aliphatic heterocycles. The summed E-state index contributed by atoms with van der Waals surface area (Å²) in [7, 11) is 0. The first-order chi connectivity index (χ1) is 13.8. The van der Waals surface area contributed by atoms with E-state index in [1.807, 2.05) is 42.5 Å². The third kappa shape index (κ3) is 4.79. The predicted molar refractivity (Wildman–Crippen MR) is 104 cm³/mol. The van der Waals surface area contributed by atoms with E-state index in [0.717, 1.165) is 44.2 Å². The van der Waals surface area contributed by atoms with Crippen LogP contribution < -0.4 is 5.32 Å². The molecule has 3 aromatic rings. The van der Waals surface area contributed by atoms with Crippen molar-refractivity contribution in [2.75, 3.05) is 31.6 Å².